The van der Waals surface area contributed by atoms with Crippen LogP contribution in [-0.4, -0.2) is 41.1 Å². The Morgan fingerprint density at radius 1 is 1.50 bits per heavy atom. The first-order valence-corrected chi connectivity index (χ1v) is 6.70. The summed E-state index contributed by atoms with van der Waals surface area (Å²) in [4.78, 5) is 14.0. The number of amides is 1. The van der Waals surface area contributed by atoms with Crippen LogP contribution in [0, 0.1) is 6.92 Å². The minimum Gasteiger partial charge on any atom is -0.399 e. The van der Waals surface area contributed by atoms with Crippen molar-refractivity contribution in [3.8, 4) is 0 Å². The maximum absolute atomic E-state index is 12.2. The van der Waals surface area contributed by atoms with Crippen LogP contribution in [0.25, 0.3) is 0 Å². The molecule has 0 aliphatic carbocycles. The number of benzene rings is 1. The third kappa shape index (κ3) is 4.83. The van der Waals surface area contributed by atoms with Crippen LogP contribution in [0.4, 0.5) is 11.4 Å². The van der Waals surface area contributed by atoms with Gasteiger partial charge in [0, 0.05) is 17.9 Å². The van der Waals surface area contributed by atoms with E-state index in [1.165, 1.54) is 0 Å². The summed E-state index contributed by atoms with van der Waals surface area (Å²) in [7, 11) is 1.82. The Bertz CT molecular complexity index is 480. The average molecular weight is 279 g/mol. The molecule has 20 heavy (non-hydrogen) atoms. The lowest BCUT2D eigenvalue weighted by atomic mass is 10.1. The second-order valence-corrected chi connectivity index (χ2v) is 5.97. The molecule has 1 amide bonds. The predicted molar refractivity (Wildman–Crippen MR) is 82.6 cm³/mol. The number of aryl methyl sites for hydroxylation is 1. The van der Waals surface area contributed by atoms with Crippen molar-refractivity contribution in [2.75, 3.05) is 24.6 Å². The molecule has 0 aromatic heterocycles. The molecule has 1 aromatic carbocycles. The zero-order valence-corrected chi connectivity index (χ0v) is 12.9. The van der Waals surface area contributed by atoms with Gasteiger partial charge in [-0.05, 0) is 58.5 Å². The topological polar surface area (TPSA) is 78.6 Å². The number of hydrogen-bond acceptors (Lipinski definition) is 4. The zero-order chi connectivity index (χ0) is 15.5. The maximum atomic E-state index is 12.2. The van der Waals surface area contributed by atoms with Gasteiger partial charge in [-0.25, -0.2) is 0 Å². The molecule has 0 saturated carbocycles. The van der Waals surface area contributed by atoms with Crippen LogP contribution < -0.4 is 11.1 Å². The summed E-state index contributed by atoms with van der Waals surface area (Å²) in [6, 6.07) is 5.04. The van der Waals surface area contributed by atoms with Gasteiger partial charge in [0.25, 0.3) is 0 Å². The number of aliphatic hydroxyl groups is 1. The number of nitrogens with zero attached hydrogens (tertiary/aromatic N) is 1. The smallest absolute Gasteiger partial charge is 0.241 e. The third-order valence-electron chi connectivity index (χ3n) is 3.19. The van der Waals surface area contributed by atoms with Gasteiger partial charge < -0.3 is 16.2 Å². The van der Waals surface area contributed by atoms with Gasteiger partial charge >= 0.3 is 0 Å². The normalized spacial score (nSPS) is 13.3. The summed E-state index contributed by atoms with van der Waals surface area (Å²) in [5, 5.41) is 12.7. The van der Waals surface area contributed by atoms with Gasteiger partial charge in [-0.2, -0.15) is 0 Å². The van der Waals surface area contributed by atoms with Crippen molar-refractivity contribution in [1.29, 1.82) is 0 Å². The van der Waals surface area contributed by atoms with E-state index in [9.17, 15) is 9.90 Å². The van der Waals surface area contributed by atoms with Crippen molar-refractivity contribution >= 4 is 17.3 Å². The van der Waals surface area contributed by atoms with Crippen LogP contribution in [0.15, 0.2) is 18.2 Å². The van der Waals surface area contributed by atoms with E-state index in [-0.39, 0.29) is 11.9 Å². The predicted octanol–water partition coefficient (Wildman–Crippen LogP) is 1.61. The summed E-state index contributed by atoms with van der Waals surface area (Å²) < 4.78 is 0. The highest BCUT2D eigenvalue weighted by atomic mass is 16.3. The van der Waals surface area contributed by atoms with Gasteiger partial charge in [0.2, 0.25) is 5.91 Å². The highest BCUT2D eigenvalue weighted by molar-refractivity contribution is 5.95. The van der Waals surface area contributed by atoms with Gasteiger partial charge in [-0.3, -0.25) is 9.69 Å². The lowest BCUT2D eigenvalue weighted by molar-refractivity contribution is -0.121. The van der Waals surface area contributed by atoms with Gasteiger partial charge in [-0.15, -0.1) is 0 Å². The van der Waals surface area contributed by atoms with Crippen molar-refractivity contribution in [1.82, 2.24) is 4.90 Å². The first kappa shape index (κ1) is 16.5. The number of carbonyl (C=O) groups is 1. The summed E-state index contributed by atoms with van der Waals surface area (Å²) in [6.45, 7) is 7.57. The van der Waals surface area contributed by atoms with Crippen LogP contribution in [0.1, 0.15) is 26.3 Å². The number of nitrogen functional groups attached to an aromatic ring is 1. The molecule has 5 nitrogen and oxygen atoms in total. The van der Waals surface area contributed by atoms with Crippen LogP contribution in [0.5, 0.6) is 0 Å². The van der Waals surface area contributed by atoms with E-state index >= 15 is 0 Å². The Balaban J connectivity index is 2.70. The molecule has 0 heterocycles. The van der Waals surface area contributed by atoms with Crippen molar-refractivity contribution < 1.29 is 9.90 Å². The van der Waals surface area contributed by atoms with E-state index in [1.54, 1.807) is 26.0 Å². The standard InChI is InChI=1S/C15H25N3O2/c1-10-8-12(16)6-7-13(10)17-14(19)11(2)18(5)9-15(3,4)20/h6-8,11,20H,9,16H2,1-5H3,(H,17,19). The summed E-state index contributed by atoms with van der Waals surface area (Å²) in [6.07, 6.45) is 0. The van der Waals surface area contributed by atoms with Gasteiger partial charge in [0.1, 0.15) is 0 Å². The van der Waals surface area contributed by atoms with E-state index in [0.717, 1.165) is 11.3 Å². The minimum atomic E-state index is -0.833. The average Bonchev–Trinajstić information content (AvgIpc) is 2.29. The van der Waals surface area contributed by atoms with Gasteiger partial charge in [0.15, 0.2) is 0 Å². The Labute approximate surface area is 120 Å². The molecule has 0 saturated heterocycles. The lowest BCUT2D eigenvalue weighted by Gasteiger charge is -2.29. The Kier molecular flexibility index (Phi) is 5.14. The molecule has 5 heteroatoms. The third-order valence-corrected chi connectivity index (χ3v) is 3.19. The van der Waals surface area contributed by atoms with Crippen molar-refractivity contribution in [2.24, 2.45) is 0 Å². The maximum Gasteiger partial charge on any atom is 0.241 e. The second kappa shape index (κ2) is 6.24. The number of anilines is 2. The van der Waals surface area contributed by atoms with E-state index in [2.05, 4.69) is 5.32 Å². The number of hydrogen-bond donors (Lipinski definition) is 3. The molecule has 1 unspecified atom stereocenters. The molecule has 0 fully saturated rings. The lowest BCUT2D eigenvalue weighted by Crippen LogP contribution is -2.46. The molecule has 0 bridgehead atoms. The van der Waals surface area contributed by atoms with E-state index in [1.807, 2.05) is 31.9 Å². The molecule has 0 aliphatic heterocycles. The van der Waals surface area contributed by atoms with E-state index in [4.69, 9.17) is 5.73 Å². The summed E-state index contributed by atoms with van der Waals surface area (Å²) in [5.41, 5.74) is 7.21. The minimum absolute atomic E-state index is 0.107. The largest absolute Gasteiger partial charge is 0.399 e. The summed E-state index contributed by atoms with van der Waals surface area (Å²) in [5.74, 6) is -0.107. The Hall–Kier alpha value is -1.59. The quantitative estimate of drug-likeness (QED) is 0.715. The van der Waals surface area contributed by atoms with Gasteiger partial charge in [-0.1, -0.05) is 0 Å². The molecule has 112 valence electrons. The number of nitrogens with one attached hydrogen (secondary N) is 1. The second-order valence-electron chi connectivity index (χ2n) is 5.97. The number of rotatable bonds is 5. The molecular formula is C15H25N3O2. The SMILES string of the molecule is Cc1cc(N)ccc1NC(=O)C(C)N(C)CC(C)(C)O. The van der Waals surface area contributed by atoms with Crippen molar-refractivity contribution in [2.45, 2.75) is 39.3 Å². The number of carbonyl (C=O) groups excluding carboxylic acids is 1. The molecule has 0 aliphatic rings. The fourth-order valence-electron chi connectivity index (χ4n) is 2.01. The molecule has 0 spiro atoms. The van der Waals surface area contributed by atoms with E-state index < -0.39 is 5.60 Å². The van der Waals surface area contributed by atoms with Crippen LogP contribution in [-0.2, 0) is 4.79 Å². The van der Waals surface area contributed by atoms with E-state index in [0.29, 0.717) is 12.2 Å². The van der Waals surface area contributed by atoms with Crippen LogP contribution >= 0.6 is 0 Å². The number of likely N-dealkylation sites (N-methyl/N-ethyl adjacent to an activating group) is 1. The Morgan fingerprint density at radius 2 is 2.10 bits per heavy atom. The number of nitrogens with two attached hydrogens (primary N) is 1. The highest BCUT2D eigenvalue weighted by Crippen LogP contribution is 2.18. The van der Waals surface area contributed by atoms with Crippen LogP contribution in [0.3, 0.4) is 0 Å². The molecule has 1 aromatic rings. The molecule has 0 radical (unpaired) electrons. The first-order chi connectivity index (χ1) is 9.10. The fraction of sp³-hybridized carbons (Fsp3) is 0.533. The fourth-order valence-corrected chi connectivity index (χ4v) is 2.01. The molecule has 4 N–H and O–H groups in total. The summed E-state index contributed by atoms with van der Waals surface area (Å²) >= 11 is 0. The Morgan fingerprint density at radius 3 is 2.60 bits per heavy atom. The van der Waals surface area contributed by atoms with Crippen molar-refractivity contribution in [3.05, 3.63) is 23.8 Å². The molecule has 1 atom stereocenters. The van der Waals surface area contributed by atoms with Crippen molar-refractivity contribution in [3.63, 3.8) is 0 Å². The highest BCUT2D eigenvalue weighted by Gasteiger charge is 2.23. The molecular weight excluding hydrogens is 254 g/mol. The molecule has 1 rings (SSSR count). The monoisotopic (exact) mass is 279 g/mol. The zero-order valence-electron chi connectivity index (χ0n) is 12.9. The first-order valence-electron chi connectivity index (χ1n) is 6.70. The van der Waals surface area contributed by atoms with Crippen LogP contribution in [0.2, 0.25) is 0 Å². The van der Waals surface area contributed by atoms with Gasteiger partial charge in [0.05, 0.1) is 11.6 Å².